The molecule has 2 N–H and O–H groups in total. The average molecular weight is 380 g/mol. The molecule has 2 aromatic rings. The minimum absolute atomic E-state index is 0. The SMILES string of the molecule is Nc1cccc2ccc[c-]c12.[U]. The zero-order valence-corrected chi connectivity index (χ0v) is 10.7. The van der Waals surface area contributed by atoms with Gasteiger partial charge < -0.3 is 5.73 Å². The largest absolute Gasteiger partial charge is 0.436 e. The van der Waals surface area contributed by atoms with Gasteiger partial charge in [0.25, 0.3) is 0 Å². The molecule has 0 bridgehead atoms. The van der Waals surface area contributed by atoms with Crippen LogP contribution in [0.25, 0.3) is 10.8 Å². The van der Waals surface area contributed by atoms with Gasteiger partial charge in [-0.2, -0.15) is 0 Å². The predicted octanol–water partition coefficient (Wildman–Crippen LogP) is 2.22. The van der Waals surface area contributed by atoms with E-state index in [-0.39, 0.29) is 31.1 Å². The summed E-state index contributed by atoms with van der Waals surface area (Å²) in [4.78, 5) is 0. The molecule has 0 atom stereocenters. The van der Waals surface area contributed by atoms with E-state index in [9.17, 15) is 0 Å². The Hall–Kier alpha value is -0.448. The van der Waals surface area contributed by atoms with Gasteiger partial charge in [-0.3, -0.25) is 0 Å². The fraction of sp³-hybridized carbons (Fsp3) is 0. The van der Waals surface area contributed by atoms with Gasteiger partial charge in [-0.1, -0.05) is 18.2 Å². The molecule has 0 aliphatic rings. The number of anilines is 1. The molecule has 0 aromatic heterocycles. The second-order valence-electron chi connectivity index (χ2n) is 2.48. The van der Waals surface area contributed by atoms with Gasteiger partial charge in [-0.15, -0.1) is 35.0 Å². The van der Waals surface area contributed by atoms with Crippen molar-refractivity contribution in [1.29, 1.82) is 0 Å². The van der Waals surface area contributed by atoms with Crippen LogP contribution in [-0.4, -0.2) is 0 Å². The molecule has 1 nitrogen and oxygen atoms in total. The van der Waals surface area contributed by atoms with E-state index in [2.05, 4.69) is 6.07 Å². The zero-order valence-electron chi connectivity index (χ0n) is 6.54. The Morgan fingerprint density at radius 1 is 1.08 bits per heavy atom. The smallest absolute Gasteiger partial charge is 0 e. The number of hydrogen-bond donors (Lipinski definition) is 1. The molecule has 0 saturated carbocycles. The average Bonchev–Trinajstić information content (AvgIpc) is 2.06. The molecule has 0 aliphatic carbocycles. The Balaban J connectivity index is 0.000000720. The third kappa shape index (κ3) is 1.65. The van der Waals surface area contributed by atoms with Crippen LogP contribution in [0.1, 0.15) is 0 Å². The van der Waals surface area contributed by atoms with Crippen LogP contribution < -0.4 is 5.73 Å². The van der Waals surface area contributed by atoms with E-state index in [1.54, 1.807) is 0 Å². The first-order chi connectivity index (χ1) is 5.38. The fourth-order valence-corrected chi connectivity index (χ4v) is 1.18. The van der Waals surface area contributed by atoms with Gasteiger partial charge in [-0.05, 0) is 5.69 Å². The van der Waals surface area contributed by atoms with E-state index in [0.717, 1.165) is 16.5 Å². The molecular formula is C10H8NU-. The summed E-state index contributed by atoms with van der Waals surface area (Å²) in [6.45, 7) is 0. The molecule has 0 radical (unpaired) electrons. The molecule has 0 saturated heterocycles. The van der Waals surface area contributed by atoms with Crippen LogP contribution >= 0.6 is 0 Å². The molecule has 0 fully saturated rings. The molecule has 2 rings (SSSR count). The number of nitrogen functional groups attached to an aromatic ring is 1. The summed E-state index contributed by atoms with van der Waals surface area (Å²) in [7, 11) is 0. The molecule has 2 heteroatoms. The summed E-state index contributed by atoms with van der Waals surface area (Å²) in [6.07, 6.45) is 0. The first-order valence-electron chi connectivity index (χ1n) is 3.53. The van der Waals surface area contributed by atoms with E-state index in [1.807, 2.05) is 36.4 Å². The second kappa shape index (κ2) is 3.98. The normalized spacial score (nSPS) is 9.33. The molecule has 58 valence electrons. The Morgan fingerprint density at radius 2 is 1.83 bits per heavy atom. The molecule has 0 heterocycles. The quantitative estimate of drug-likeness (QED) is 0.551. The van der Waals surface area contributed by atoms with E-state index >= 15 is 0 Å². The van der Waals surface area contributed by atoms with Crippen LogP contribution in [0.4, 0.5) is 5.69 Å². The van der Waals surface area contributed by atoms with E-state index in [0.29, 0.717) is 0 Å². The molecule has 0 unspecified atom stereocenters. The standard InChI is InChI=1S/C10H8N.U/c11-10-7-3-5-8-4-1-2-6-9(8)10;/h1-5,7H,11H2;/q-1;. The van der Waals surface area contributed by atoms with Gasteiger partial charge in [0.1, 0.15) is 0 Å². The van der Waals surface area contributed by atoms with Crippen LogP contribution in [0.3, 0.4) is 0 Å². The predicted molar refractivity (Wildman–Crippen MR) is 47.2 cm³/mol. The van der Waals surface area contributed by atoms with Crippen LogP contribution in [0.2, 0.25) is 0 Å². The maximum atomic E-state index is 5.72. The molecule has 0 aliphatic heterocycles. The number of hydrogen-bond acceptors (Lipinski definition) is 1. The monoisotopic (exact) mass is 380 g/mol. The van der Waals surface area contributed by atoms with Crippen molar-refractivity contribution in [2.24, 2.45) is 0 Å². The van der Waals surface area contributed by atoms with E-state index < -0.39 is 0 Å². The first kappa shape index (κ1) is 9.64. The number of benzene rings is 2. The molecule has 0 amide bonds. The Labute approximate surface area is 95.3 Å². The van der Waals surface area contributed by atoms with Crippen molar-refractivity contribution in [3.05, 3.63) is 42.5 Å². The van der Waals surface area contributed by atoms with Gasteiger partial charge in [-0.25, -0.2) is 0 Å². The van der Waals surface area contributed by atoms with Crippen molar-refractivity contribution in [2.75, 3.05) is 5.73 Å². The molecule has 2 aromatic carbocycles. The second-order valence-corrected chi connectivity index (χ2v) is 2.48. The van der Waals surface area contributed by atoms with Crippen molar-refractivity contribution in [1.82, 2.24) is 0 Å². The maximum absolute atomic E-state index is 5.72. The van der Waals surface area contributed by atoms with Gasteiger partial charge in [0.2, 0.25) is 0 Å². The summed E-state index contributed by atoms with van der Waals surface area (Å²) in [5.74, 6) is 0. The van der Waals surface area contributed by atoms with E-state index in [1.165, 1.54) is 0 Å². The minimum Gasteiger partial charge on any atom is -0.436 e. The maximum Gasteiger partial charge on any atom is 0 e. The summed E-state index contributed by atoms with van der Waals surface area (Å²) in [5, 5.41) is 2.16. The van der Waals surface area contributed by atoms with Gasteiger partial charge in [0.15, 0.2) is 0 Å². The van der Waals surface area contributed by atoms with Crippen LogP contribution in [0.15, 0.2) is 36.4 Å². The molecule has 12 heavy (non-hydrogen) atoms. The Bertz CT molecular complexity index is 379. The topological polar surface area (TPSA) is 26.0 Å². The summed E-state index contributed by atoms with van der Waals surface area (Å²) in [5.41, 5.74) is 6.52. The number of fused-ring (bicyclic) bond motifs is 1. The fourth-order valence-electron chi connectivity index (χ4n) is 1.18. The van der Waals surface area contributed by atoms with Crippen LogP contribution in [-0.2, 0) is 0 Å². The van der Waals surface area contributed by atoms with Gasteiger partial charge in [0.05, 0.1) is 0 Å². The van der Waals surface area contributed by atoms with Crippen molar-refractivity contribution < 1.29 is 31.1 Å². The van der Waals surface area contributed by atoms with Crippen molar-refractivity contribution >= 4 is 16.5 Å². The van der Waals surface area contributed by atoms with Gasteiger partial charge >= 0.3 is 0 Å². The minimum atomic E-state index is 0. The number of rotatable bonds is 0. The summed E-state index contributed by atoms with van der Waals surface area (Å²) in [6, 6.07) is 14.8. The third-order valence-corrected chi connectivity index (χ3v) is 1.73. The molecule has 0 spiro atoms. The van der Waals surface area contributed by atoms with Crippen molar-refractivity contribution in [3.63, 3.8) is 0 Å². The van der Waals surface area contributed by atoms with E-state index in [4.69, 9.17) is 5.73 Å². The Kier molecular flexibility index (Phi) is 3.20. The zero-order chi connectivity index (χ0) is 7.68. The third-order valence-electron chi connectivity index (χ3n) is 1.73. The molecular weight excluding hydrogens is 372 g/mol. The van der Waals surface area contributed by atoms with Crippen molar-refractivity contribution in [2.45, 2.75) is 0 Å². The first-order valence-corrected chi connectivity index (χ1v) is 3.53. The Morgan fingerprint density at radius 3 is 2.58 bits per heavy atom. The van der Waals surface area contributed by atoms with Crippen molar-refractivity contribution in [3.8, 4) is 0 Å². The van der Waals surface area contributed by atoms with Gasteiger partial charge in [0, 0.05) is 31.1 Å². The summed E-state index contributed by atoms with van der Waals surface area (Å²) >= 11 is 0. The summed E-state index contributed by atoms with van der Waals surface area (Å²) < 4.78 is 0. The number of nitrogens with two attached hydrogens (primary N) is 1. The van der Waals surface area contributed by atoms with Crippen LogP contribution in [0, 0.1) is 37.2 Å². The van der Waals surface area contributed by atoms with Crippen LogP contribution in [0.5, 0.6) is 0 Å².